The maximum absolute atomic E-state index is 6.43. The molecule has 0 aliphatic carbocycles. The molecule has 0 unspecified atom stereocenters. The van der Waals surface area contributed by atoms with Gasteiger partial charge in [-0.3, -0.25) is 4.99 Å². The number of hydrogen-bond donors (Lipinski definition) is 0. The molecule has 0 saturated heterocycles. The van der Waals surface area contributed by atoms with Gasteiger partial charge in [-0.25, -0.2) is 4.98 Å². The second kappa shape index (κ2) is 5.71. The summed E-state index contributed by atoms with van der Waals surface area (Å²) in [7, 11) is 1.69. The van der Waals surface area contributed by atoms with Gasteiger partial charge in [0.1, 0.15) is 10.8 Å². The van der Waals surface area contributed by atoms with Gasteiger partial charge in [-0.15, -0.1) is 0 Å². The van der Waals surface area contributed by atoms with Crippen LogP contribution < -0.4 is 9.47 Å². The van der Waals surface area contributed by atoms with Crippen molar-refractivity contribution in [3.63, 3.8) is 0 Å². The zero-order chi connectivity index (χ0) is 18.7. The third kappa shape index (κ3) is 2.77. The van der Waals surface area contributed by atoms with E-state index in [1.165, 1.54) is 5.56 Å². The van der Waals surface area contributed by atoms with Gasteiger partial charge in [0, 0.05) is 29.3 Å². The van der Waals surface area contributed by atoms with Crippen molar-refractivity contribution in [3.05, 3.63) is 51.8 Å². The Kier molecular flexibility index (Phi) is 3.81. The van der Waals surface area contributed by atoms with Gasteiger partial charge in [-0.05, 0) is 57.9 Å². The van der Waals surface area contributed by atoms with Gasteiger partial charge < -0.3 is 9.47 Å². The predicted octanol–water partition coefficient (Wildman–Crippen LogP) is 4.63. The molecule has 2 aliphatic heterocycles. The highest BCUT2D eigenvalue weighted by Gasteiger charge is 2.40. The molecule has 0 bridgehead atoms. The van der Waals surface area contributed by atoms with Crippen LogP contribution in [0, 0.1) is 0 Å². The first-order valence-corrected chi connectivity index (χ1v) is 9.21. The molecule has 0 saturated carbocycles. The fourth-order valence-electron chi connectivity index (χ4n) is 3.98. The maximum atomic E-state index is 6.43. The molecule has 4 rings (SSSR count). The van der Waals surface area contributed by atoms with Crippen LogP contribution in [0.2, 0.25) is 5.15 Å². The molecule has 0 fully saturated rings. The molecule has 0 atom stereocenters. The maximum Gasteiger partial charge on any atom is 0.166 e. The molecule has 4 nitrogen and oxygen atoms in total. The first kappa shape index (κ1) is 17.3. The summed E-state index contributed by atoms with van der Waals surface area (Å²) in [6.45, 7) is 8.47. The highest BCUT2D eigenvalue weighted by Crippen LogP contribution is 2.48. The number of aromatic nitrogens is 1. The summed E-state index contributed by atoms with van der Waals surface area (Å²) in [4.78, 5) is 9.32. The van der Waals surface area contributed by atoms with Crippen molar-refractivity contribution in [2.45, 2.75) is 51.7 Å². The molecule has 0 N–H and O–H groups in total. The third-order valence-corrected chi connectivity index (χ3v) is 5.22. The van der Waals surface area contributed by atoms with Gasteiger partial charge in [-0.1, -0.05) is 11.6 Å². The van der Waals surface area contributed by atoms with E-state index in [4.69, 9.17) is 26.1 Å². The lowest BCUT2D eigenvalue weighted by Crippen LogP contribution is -2.31. The third-order valence-electron chi connectivity index (χ3n) is 4.92. The number of pyridine rings is 1. The Balaban J connectivity index is 2.02. The SMILES string of the molecule is COc1cc2c(c3c1OC(C)(C)C3)C(c1cccnc1Cl)=NC(C)(C)C2. The van der Waals surface area contributed by atoms with Crippen LogP contribution in [0.15, 0.2) is 29.4 Å². The number of rotatable bonds is 2. The molecule has 136 valence electrons. The van der Waals surface area contributed by atoms with E-state index in [1.807, 2.05) is 12.1 Å². The van der Waals surface area contributed by atoms with Gasteiger partial charge in [0.05, 0.1) is 18.4 Å². The van der Waals surface area contributed by atoms with Crippen LogP contribution in [0.5, 0.6) is 11.5 Å². The zero-order valence-electron chi connectivity index (χ0n) is 15.8. The molecule has 1 aromatic heterocycles. The molecular formula is C21H23ClN2O2. The Morgan fingerprint density at radius 3 is 2.65 bits per heavy atom. The molecule has 2 aromatic rings. The summed E-state index contributed by atoms with van der Waals surface area (Å²) >= 11 is 6.43. The molecule has 26 heavy (non-hydrogen) atoms. The first-order chi connectivity index (χ1) is 12.2. The van der Waals surface area contributed by atoms with Crippen LogP contribution in [-0.2, 0) is 12.8 Å². The van der Waals surface area contributed by atoms with E-state index in [-0.39, 0.29) is 11.1 Å². The summed E-state index contributed by atoms with van der Waals surface area (Å²) in [6, 6.07) is 5.97. The van der Waals surface area contributed by atoms with E-state index in [1.54, 1.807) is 13.3 Å². The zero-order valence-corrected chi connectivity index (χ0v) is 16.6. The highest BCUT2D eigenvalue weighted by atomic mass is 35.5. The summed E-state index contributed by atoms with van der Waals surface area (Å²) < 4.78 is 11.9. The predicted molar refractivity (Wildman–Crippen MR) is 104 cm³/mol. The molecule has 0 radical (unpaired) electrons. The van der Waals surface area contributed by atoms with E-state index >= 15 is 0 Å². The molecular weight excluding hydrogens is 348 g/mol. The van der Waals surface area contributed by atoms with Crippen LogP contribution in [0.3, 0.4) is 0 Å². The number of aliphatic imine (C=N–C) groups is 1. The molecule has 5 heteroatoms. The number of fused-ring (bicyclic) bond motifs is 3. The Morgan fingerprint density at radius 2 is 1.96 bits per heavy atom. The van der Waals surface area contributed by atoms with E-state index in [2.05, 4.69) is 38.7 Å². The molecule has 2 aliphatic rings. The van der Waals surface area contributed by atoms with Crippen LogP contribution >= 0.6 is 11.6 Å². The van der Waals surface area contributed by atoms with Crippen molar-refractivity contribution in [2.75, 3.05) is 7.11 Å². The summed E-state index contributed by atoms with van der Waals surface area (Å²) in [5, 5.41) is 0.470. The van der Waals surface area contributed by atoms with Crippen molar-refractivity contribution < 1.29 is 9.47 Å². The van der Waals surface area contributed by atoms with Crippen molar-refractivity contribution >= 4 is 17.3 Å². The number of methoxy groups -OCH3 is 1. The topological polar surface area (TPSA) is 43.7 Å². The smallest absolute Gasteiger partial charge is 0.166 e. The van der Waals surface area contributed by atoms with Crippen LogP contribution in [-0.4, -0.2) is 28.9 Å². The monoisotopic (exact) mass is 370 g/mol. The van der Waals surface area contributed by atoms with Gasteiger partial charge >= 0.3 is 0 Å². The van der Waals surface area contributed by atoms with Crippen molar-refractivity contribution in [1.82, 2.24) is 4.98 Å². The van der Waals surface area contributed by atoms with Crippen LogP contribution in [0.1, 0.15) is 49.9 Å². The quantitative estimate of drug-likeness (QED) is 0.724. The molecule has 0 amide bonds. The Morgan fingerprint density at radius 1 is 1.19 bits per heavy atom. The number of hydrogen-bond acceptors (Lipinski definition) is 4. The van der Waals surface area contributed by atoms with E-state index in [9.17, 15) is 0 Å². The van der Waals surface area contributed by atoms with Crippen molar-refractivity contribution in [3.8, 4) is 11.5 Å². The average molecular weight is 371 g/mol. The minimum atomic E-state index is -0.276. The molecule has 3 heterocycles. The lowest BCUT2D eigenvalue weighted by molar-refractivity contribution is 0.134. The Bertz CT molecular complexity index is 932. The van der Waals surface area contributed by atoms with E-state index in [0.29, 0.717) is 5.15 Å². The van der Waals surface area contributed by atoms with Gasteiger partial charge in [0.25, 0.3) is 0 Å². The minimum absolute atomic E-state index is 0.226. The van der Waals surface area contributed by atoms with Crippen molar-refractivity contribution in [1.29, 1.82) is 0 Å². The fraction of sp³-hybridized carbons (Fsp3) is 0.429. The number of ether oxygens (including phenoxy) is 2. The minimum Gasteiger partial charge on any atom is -0.493 e. The van der Waals surface area contributed by atoms with E-state index < -0.39 is 0 Å². The fourth-order valence-corrected chi connectivity index (χ4v) is 4.19. The second-order valence-electron chi connectivity index (χ2n) is 8.25. The lowest BCUT2D eigenvalue weighted by Gasteiger charge is -2.31. The molecule has 1 aromatic carbocycles. The van der Waals surface area contributed by atoms with Gasteiger partial charge in [0.2, 0.25) is 0 Å². The average Bonchev–Trinajstić information content (AvgIpc) is 2.87. The Labute approximate surface area is 159 Å². The Hall–Kier alpha value is -2.07. The normalized spacial score (nSPS) is 19.2. The van der Waals surface area contributed by atoms with Gasteiger partial charge in [0.15, 0.2) is 11.5 Å². The lowest BCUT2D eigenvalue weighted by atomic mass is 9.81. The van der Waals surface area contributed by atoms with Crippen LogP contribution in [0.25, 0.3) is 0 Å². The highest BCUT2D eigenvalue weighted by molar-refractivity contribution is 6.34. The van der Waals surface area contributed by atoms with E-state index in [0.717, 1.165) is 46.7 Å². The second-order valence-corrected chi connectivity index (χ2v) is 8.61. The number of benzene rings is 1. The largest absolute Gasteiger partial charge is 0.493 e. The first-order valence-electron chi connectivity index (χ1n) is 8.84. The number of halogens is 1. The molecule has 0 spiro atoms. The van der Waals surface area contributed by atoms with Gasteiger partial charge in [-0.2, -0.15) is 0 Å². The summed E-state index contributed by atoms with van der Waals surface area (Å²) in [6.07, 6.45) is 3.35. The van der Waals surface area contributed by atoms with Crippen molar-refractivity contribution in [2.24, 2.45) is 4.99 Å². The van der Waals surface area contributed by atoms with Crippen LogP contribution in [0.4, 0.5) is 0 Å². The standard InChI is InChI=1S/C21H23ClN2O2/c1-20(2)10-12-9-15(25-5)18-14(11-21(3,4)26-18)16(12)17(24-20)13-7-6-8-23-19(13)22/h6-9H,10-11H2,1-5H3. The number of nitrogens with zero attached hydrogens (tertiary/aromatic N) is 2. The summed E-state index contributed by atoms with van der Waals surface area (Å²) in [5.74, 6) is 1.61. The summed E-state index contributed by atoms with van der Waals surface area (Å²) in [5.41, 5.74) is 4.75.